The molecule has 3 heteroatoms. The number of para-hydroxylation sites is 2. The Morgan fingerprint density at radius 3 is 1.89 bits per heavy atom. The number of hydrogen-bond donors (Lipinski definition) is 1. The summed E-state index contributed by atoms with van der Waals surface area (Å²) in [6, 6.07) is 24.8. The van der Waals surface area contributed by atoms with Crippen molar-refractivity contribution >= 4 is 33.7 Å². The van der Waals surface area contributed by atoms with Crippen LogP contribution in [-0.4, -0.2) is 11.2 Å². The molecule has 4 rings (SSSR count). The summed E-state index contributed by atoms with van der Waals surface area (Å²) < 4.78 is 0. The van der Waals surface area contributed by atoms with E-state index in [1.807, 2.05) is 42.6 Å². The van der Waals surface area contributed by atoms with Crippen LogP contribution < -0.4 is 5.43 Å². The highest BCUT2D eigenvalue weighted by atomic mass is 15.3. The van der Waals surface area contributed by atoms with Gasteiger partial charge in [0.2, 0.25) is 0 Å². The number of nitrogens with one attached hydrogen (secondary N) is 1. The Labute approximate surface area is 159 Å². The molecule has 1 aromatic heterocycles. The molecule has 1 heterocycles. The van der Waals surface area contributed by atoms with Crippen molar-refractivity contribution in [2.45, 2.75) is 26.2 Å². The monoisotopic (exact) mass is 353 g/mol. The smallest absolute Gasteiger partial charge is 0.0749 e. The Kier molecular flexibility index (Phi) is 4.36. The Bertz CT molecular complexity index is 1070. The maximum Gasteiger partial charge on any atom is 0.0749 e. The molecule has 0 saturated carbocycles. The first-order valence-electron chi connectivity index (χ1n) is 9.19. The van der Waals surface area contributed by atoms with E-state index < -0.39 is 0 Å². The van der Waals surface area contributed by atoms with Crippen molar-refractivity contribution < 1.29 is 0 Å². The summed E-state index contributed by atoms with van der Waals surface area (Å²) in [7, 11) is 0. The minimum absolute atomic E-state index is 0.156. The van der Waals surface area contributed by atoms with Crippen molar-refractivity contribution in [3.63, 3.8) is 0 Å². The van der Waals surface area contributed by atoms with Crippen LogP contribution in [0.5, 0.6) is 0 Å². The lowest BCUT2D eigenvalue weighted by Crippen LogP contribution is -2.10. The van der Waals surface area contributed by atoms with Crippen molar-refractivity contribution in [2.24, 2.45) is 5.10 Å². The van der Waals surface area contributed by atoms with E-state index >= 15 is 0 Å². The fourth-order valence-electron chi connectivity index (χ4n) is 3.20. The van der Waals surface area contributed by atoms with Crippen molar-refractivity contribution in [2.75, 3.05) is 5.43 Å². The molecule has 0 aliphatic carbocycles. The predicted molar refractivity (Wildman–Crippen MR) is 116 cm³/mol. The first-order valence-corrected chi connectivity index (χ1v) is 9.19. The number of anilines is 1. The zero-order chi connectivity index (χ0) is 18.9. The van der Waals surface area contributed by atoms with Crippen molar-refractivity contribution in [3.05, 3.63) is 83.9 Å². The van der Waals surface area contributed by atoms with Gasteiger partial charge in [-0.05, 0) is 28.7 Å². The number of rotatable bonds is 3. The van der Waals surface area contributed by atoms with Gasteiger partial charge in [-0.2, -0.15) is 5.10 Å². The zero-order valence-electron chi connectivity index (χ0n) is 15.9. The maximum absolute atomic E-state index is 4.75. The quantitative estimate of drug-likeness (QED) is 0.273. The predicted octanol–water partition coefficient (Wildman–Crippen LogP) is 6.13. The van der Waals surface area contributed by atoms with E-state index in [1.165, 1.54) is 5.56 Å². The summed E-state index contributed by atoms with van der Waals surface area (Å²) in [5.41, 5.74) is 8.70. The Morgan fingerprint density at radius 2 is 1.33 bits per heavy atom. The molecule has 0 radical (unpaired) electrons. The normalized spacial score (nSPS) is 12.1. The van der Waals surface area contributed by atoms with Crippen LogP contribution in [0.3, 0.4) is 0 Å². The first-order chi connectivity index (χ1) is 13.0. The van der Waals surface area contributed by atoms with E-state index in [2.05, 4.69) is 67.7 Å². The Balaban J connectivity index is 1.67. The lowest BCUT2D eigenvalue weighted by Gasteiger charge is -2.18. The third kappa shape index (κ3) is 3.54. The molecule has 0 fully saturated rings. The van der Waals surface area contributed by atoms with Crippen LogP contribution in [0.4, 0.5) is 5.69 Å². The molecular weight excluding hydrogens is 330 g/mol. The van der Waals surface area contributed by atoms with Gasteiger partial charge in [-0.15, -0.1) is 0 Å². The molecule has 0 bridgehead atoms. The van der Waals surface area contributed by atoms with Gasteiger partial charge in [0.1, 0.15) is 0 Å². The molecule has 0 atom stereocenters. The fourth-order valence-corrected chi connectivity index (χ4v) is 3.20. The van der Waals surface area contributed by atoms with Gasteiger partial charge in [0.05, 0.1) is 22.9 Å². The topological polar surface area (TPSA) is 37.3 Å². The minimum Gasteiger partial charge on any atom is -0.277 e. The van der Waals surface area contributed by atoms with Gasteiger partial charge >= 0.3 is 0 Å². The Hall–Kier alpha value is -3.20. The average molecular weight is 353 g/mol. The number of aromatic nitrogens is 1. The second-order valence-electron chi connectivity index (χ2n) is 7.76. The van der Waals surface area contributed by atoms with E-state index in [0.717, 1.165) is 33.1 Å². The lowest BCUT2D eigenvalue weighted by molar-refractivity contribution is 0.590. The summed E-state index contributed by atoms with van der Waals surface area (Å²) in [5.74, 6) is 0. The molecule has 0 spiro atoms. The highest BCUT2D eigenvalue weighted by molar-refractivity contribution is 6.07. The van der Waals surface area contributed by atoms with E-state index in [-0.39, 0.29) is 5.41 Å². The van der Waals surface area contributed by atoms with Crippen LogP contribution in [0, 0.1) is 0 Å². The molecule has 3 nitrogen and oxygen atoms in total. The molecule has 0 aliphatic rings. The van der Waals surface area contributed by atoms with Gasteiger partial charge in [-0.3, -0.25) is 5.43 Å². The van der Waals surface area contributed by atoms with Gasteiger partial charge in [0, 0.05) is 10.8 Å². The fraction of sp³-hybridized carbons (Fsp3) is 0.167. The van der Waals surface area contributed by atoms with Crippen LogP contribution in [0.15, 0.2) is 77.9 Å². The van der Waals surface area contributed by atoms with Crippen molar-refractivity contribution in [1.82, 2.24) is 4.98 Å². The summed E-state index contributed by atoms with van der Waals surface area (Å²) >= 11 is 0. The lowest BCUT2D eigenvalue weighted by atomic mass is 9.87. The van der Waals surface area contributed by atoms with Crippen molar-refractivity contribution in [3.8, 4) is 0 Å². The minimum atomic E-state index is 0.156. The molecule has 1 N–H and O–H groups in total. The summed E-state index contributed by atoms with van der Waals surface area (Å²) in [6.07, 6.45) is 1.86. The summed E-state index contributed by atoms with van der Waals surface area (Å²) in [6.45, 7) is 6.66. The van der Waals surface area contributed by atoms with Gasteiger partial charge in [0.15, 0.2) is 0 Å². The van der Waals surface area contributed by atoms with E-state index in [9.17, 15) is 0 Å². The van der Waals surface area contributed by atoms with Crippen LogP contribution in [-0.2, 0) is 5.41 Å². The van der Waals surface area contributed by atoms with Crippen molar-refractivity contribution in [1.29, 1.82) is 0 Å². The molecule has 0 aliphatic heterocycles. The number of hydrazone groups is 1. The third-order valence-electron chi connectivity index (χ3n) is 4.75. The van der Waals surface area contributed by atoms with E-state index in [4.69, 9.17) is 4.98 Å². The van der Waals surface area contributed by atoms with E-state index in [1.54, 1.807) is 0 Å². The average Bonchev–Trinajstić information content (AvgIpc) is 2.67. The largest absolute Gasteiger partial charge is 0.277 e. The van der Waals surface area contributed by atoms with E-state index in [0.29, 0.717) is 0 Å². The third-order valence-corrected chi connectivity index (χ3v) is 4.75. The number of nitrogens with zero attached hydrogens (tertiary/aromatic N) is 2. The van der Waals surface area contributed by atoms with Gasteiger partial charge in [0.25, 0.3) is 0 Å². The van der Waals surface area contributed by atoms with Gasteiger partial charge in [-0.25, -0.2) is 4.98 Å². The number of pyridine rings is 1. The highest BCUT2D eigenvalue weighted by Crippen LogP contribution is 2.30. The number of fused-ring (bicyclic) bond motifs is 2. The molecule has 0 saturated heterocycles. The number of hydrogen-bond acceptors (Lipinski definition) is 3. The Morgan fingerprint density at radius 1 is 0.778 bits per heavy atom. The summed E-state index contributed by atoms with van der Waals surface area (Å²) in [5, 5.41) is 6.63. The van der Waals surface area contributed by atoms with Gasteiger partial charge < -0.3 is 0 Å². The molecule has 0 unspecified atom stereocenters. The van der Waals surface area contributed by atoms with Crippen LogP contribution in [0.2, 0.25) is 0 Å². The van der Waals surface area contributed by atoms with Crippen LogP contribution in [0.25, 0.3) is 21.8 Å². The molecular formula is C24H23N3. The van der Waals surface area contributed by atoms with Crippen LogP contribution >= 0.6 is 0 Å². The molecule has 134 valence electrons. The second-order valence-corrected chi connectivity index (χ2v) is 7.76. The highest BCUT2D eigenvalue weighted by Gasteiger charge is 2.12. The number of benzene rings is 3. The second kappa shape index (κ2) is 6.84. The molecule has 4 aromatic rings. The molecule has 0 amide bonds. The van der Waals surface area contributed by atoms with Crippen LogP contribution in [0.1, 0.15) is 31.9 Å². The molecule has 27 heavy (non-hydrogen) atoms. The molecule has 3 aromatic carbocycles. The first kappa shape index (κ1) is 17.2. The standard InChI is InChI=1S/C24H23N3/c1-24(2,3)18-14-12-17(13-15-18)16-25-27-23-19-8-4-6-10-21(19)26-22-11-7-5-9-20(22)23/h4-16H,1-3H3,(H,26,27)/b25-16+. The maximum atomic E-state index is 4.75. The van der Waals surface area contributed by atoms with Gasteiger partial charge in [-0.1, -0.05) is 81.4 Å². The SMILES string of the molecule is CC(C)(C)c1ccc(/C=N/Nc2c3ccccc3nc3ccccc23)cc1. The zero-order valence-corrected chi connectivity index (χ0v) is 15.9. The summed E-state index contributed by atoms with van der Waals surface area (Å²) in [4.78, 5) is 4.75.